The van der Waals surface area contributed by atoms with E-state index >= 15 is 0 Å². The van der Waals surface area contributed by atoms with Crippen molar-refractivity contribution in [3.05, 3.63) is 0 Å². The first-order chi connectivity index (χ1) is 20.7. The Morgan fingerprint density at radius 2 is 1.16 bits per heavy atom. The molecule has 8 aliphatic carbocycles. The molecule has 8 bridgehead atoms. The third-order valence-corrected chi connectivity index (χ3v) is 11.6. The van der Waals surface area contributed by atoms with Crippen molar-refractivity contribution in [1.82, 2.24) is 0 Å². The van der Waals surface area contributed by atoms with Crippen molar-refractivity contribution in [2.45, 2.75) is 86.9 Å². The van der Waals surface area contributed by atoms with Gasteiger partial charge in [0.25, 0.3) is 0 Å². The van der Waals surface area contributed by atoms with Crippen LogP contribution in [0.1, 0.15) is 64.2 Å². The first kappa shape index (κ1) is 34.4. The predicted molar refractivity (Wildman–Crippen MR) is 135 cm³/mol. The molecule has 18 heteroatoms. The maximum Gasteiger partial charge on any atom is 0.415 e. The van der Waals surface area contributed by atoms with Crippen molar-refractivity contribution in [3.8, 4) is 0 Å². The third-order valence-electron chi connectivity index (χ3n) is 10.6. The van der Waals surface area contributed by atoms with Gasteiger partial charge in [0.1, 0.15) is 24.1 Å². The van der Waals surface area contributed by atoms with Crippen LogP contribution in [0.5, 0.6) is 0 Å². The fourth-order valence-electron chi connectivity index (χ4n) is 9.51. The van der Waals surface area contributed by atoms with Gasteiger partial charge in [0.2, 0.25) is 0 Å². The molecular formula is C26H34F4O12S2-2. The van der Waals surface area contributed by atoms with Crippen LogP contribution in [0.2, 0.25) is 0 Å². The van der Waals surface area contributed by atoms with E-state index in [-0.39, 0.29) is 42.5 Å². The van der Waals surface area contributed by atoms with Gasteiger partial charge in [-0.1, -0.05) is 0 Å². The second-order valence-electron chi connectivity index (χ2n) is 13.5. The molecule has 8 fully saturated rings. The average Bonchev–Trinajstić information content (AvgIpc) is 2.97. The Morgan fingerprint density at radius 3 is 1.66 bits per heavy atom. The Hall–Kier alpha value is -0.960. The van der Waals surface area contributed by atoms with E-state index in [1.807, 2.05) is 0 Å². The van der Waals surface area contributed by atoms with E-state index < -0.39 is 58.1 Å². The van der Waals surface area contributed by atoms with Crippen LogP contribution >= 0.6 is 24.1 Å². The molecule has 0 spiro atoms. The minimum absolute atomic E-state index is 0.0869. The van der Waals surface area contributed by atoms with Crippen LogP contribution < -0.4 is 10.5 Å². The molecule has 8 saturated carbocycles. The Morgan fingerprint density at radius 1 is 0.705 bits per heavy atom. The summed E-state index contributed by atoms with van der Waals surface area (Å²) in [7, 11) is 0. The van der Waals surface area contributed by atoms with Crippen molar-refractivity contribution in [2.24, 2.45) is 46.3 Å². The van der Waals surface area contributed by atoms with Crippen LogP contribution in [0.25, 0.3) is 0 Å². The van der Waals surface area contributed by atoms with Gasteiger partial charge in [0.05, 0.1) is 25.4 Å². The minimum Gasteiger partial charge on any atom is -0.691 e. The molecule has 8 aliphatic rings. The number of carbonyl (C=O) groups excluding carboxylic acids is 2. The normalized spacial score (nSPS) is 40.0. The van der Waals surface area contributed by atoms with Gasteiger partial charge in [-0.2, -0.15) is 26.2 Å². The number of ether oxygens (including phenoxy) is 2. The number of hydrogen-bond acceptors (Lipinski definition) is 14. The first-order valence-corrected chi connectivity index (χ1v) is 15.9. The maximum atomic E-state index is 13.3. The maximum absolute atomic E-state index is 13.3. The zero-order valence-corrected chi connectivity index (χ0v) is 25.0. The highest BCUT2D eigenvalue weighted by Gasteiger charge is 2.58. The summed E-state index contributed by atoms with van der Waals surface area (Å²) >= 11 is -1.38. The van der Waals surface area contributed by atoms with Gasteiger partial charge in [-0.3, -0.25) is 10.1 Å². The number of esters is 2. The third kappa shape index (κ3) is 7.13. The van der Waals surface area contributed by atoms with Gasteiger partial charge in [-0.05, 0) is 99.7 Å². The van der Waals surface area contributed by atoms with E-state index in [2.05, 4.69) is 18.7 Å². The molecular weight excluding hydrogens is 644 g/mol. The molecule has 44 heavy (non-hydrogen) atoms. The highest BCUT2D eigenvalue weighted by molar-refractivity contribution is 7.96. The van der Waals surface area contributed by atoms with Crippen molar-refractivity contribution < 1.29 is 76.1 Å². The molecule has 5 unspecified atom stereocenters. The molecule has 12 nitrogen and oxygen atoms in total. The molecule has 0 radical (unpaired) electrons. The minimum atomic E-state index is -4.03. The summed E-state index contributed by atoms with van der Waals surface area (Å²) in [5.41, 5.74) is -0.914. The molecule has 8 rings (SSSR count). The lowest BCUT2D eigenvalue weighted by Crippen LogP contribution is -2.58. The lowest BCUT2D eigenvalue weighted by molar-refractivity contribution is -0.777. The van der Waals surface area contributed by atoms with Gasteiger partial charge >= 0.3 is 22.4 Å². The standard InChI is InChI=1S/2C13H18F2O6S/c14-13(15,22-21-20-18)11(17)19-6-12-4-7-1-8(5-12)3-9(2-7)10(12)16;14-13(15,22-21-20-18)11(17)19-6-12-3-7-1-8(4-12)10(16)9(2-7)5-12/h2*7-10,16,18H,1-6H2/p-2. The molecule has 2 N–H and O–H groups in total. The highest BCUT2D eigenvalue weighted by atomic mass is 32.2. The van der Waals surface area contributed by atoms with Crippen LogP contribution in [0, 0.1) is 46.3 Å². The molecule has 0 aromatic rings. The number of aliphatic hydroxyl groups is 2. The molecule has 5 atom stereocenters. The molecule has 0 aromatic carbocycles. The van der Waals surface area contributed by atoms with Gasteiger partial charge in [0.15, 0.2) is 0 Å². The van der Waals surface area contributed by atoms with Crippen LogP contribution in [-0.2, 0) is 37.8 Å². The van der Waals surface area contributed by atoms with E-state index in [1.165, 1.54) is 0 Å². The van der Waals surface area contributed by atoms with Crippen LogP contribution in [0.3, 0.4) is 0 Å². The fourth-order valence-corrected chi connectivity index (χ4v) is 9.99. The molecule has 0 aromatic heterocycles. The summed E-state index contributed by atoms with van der Waals surface area (Å²) in [6.45, 7) is -0.318. The van der Waals surface area contributed by atoms with Gasteiger partial charge in [0, 0.05) is 10.8 Å². The summed E-state index contributed by atoms with van der Waals surface area (Å²) in [6.07, 6.45) is 7.69. The largest absolute Gasteiger partial charge is 0.691 e. The van der Waals surface area contributed by atoms with Crippen molar-refractivity contribution in [1.29, 1.82) is 0 Å². The summed E-state index contributed by atoms with van der Waals surface area (Å²) in [4.78, 5) is 22.9. The highest BCUT2D eigenvalue weighted by Crippen LogP contribution is 2.61. The van der Waals surface area contributed by atoms with Crippen LogP contribution in [0.4, 0.5) is 17.6 Å². The van der Waals surface area contributed by atoms with E-state index in [4.69, 9.17) is 9.47 Å². The topological polar surface area (TPSA) is 176 Å². The Balaban J connectivity index is 0.000000175. The Kier molecular flexibility index (Phi) is 10.4. The summed E-state index contributed by atoms with van der Waals surface area (Å²) in [6, 6.07) is 0. The number of hydrogen-bond donors (Lipinski definition) is 2. The molecule has 0 aliphatic heterocycles. The van der Waals surface area contributed by atoms with E-state index in [1.54, 1.807) is 0 Å². The first-order valence-electron chi connectivity index (χ1n) is 14.5. The number of aliphatic hydroxyl groups excluding tert-OH is 2. The molecule has 0 amide bonds. The molecule has 0 heterocycles. The number of halogens is 4. The van der Waals surface area contributed by atoms with Crippen LogP contribution in [-0.4, -0.2) is 58.1 Å². The number of rotatable bonds is 12. The van der Waals surface area contributed by atoms with Crippen LogP contribution in [0.15, 0.2) is 0 Å². The summed E-state index contributed by atoms with van der Waals surface area (Å²) < 4.78 is 69.9. The predicted octanol–water partition coefficient (Wildman–Crippen LogP) is 2.36. The quantitative estimate of drug-likeness (QED) is 0.101. The van der Waals surface area contributed by atoms with E-state index in [0.29, 0.717) is 43.4 Å². The monoisotopic (exact) mass is 678 g/mol. The second kappa shape index (κ2) is 13.3. The second-order valence-corrected chi connectivity index (χ2v) is 15.1. The smallest absolute Gasteiger partial charge is 0.415 e. The van der Waals surface area contributed by atoms with Gasteiger partial charge < -0.3 is 30.2 Å². The summed E-state index contributed by atoms with van der Waals surface area (Å²) in [5.74, 6) is -1.57. The van der Waals surface area contributed by atoms with E-state index in [9.17, 15) is 47.9 Å². The SMILES string of the molecule is O=C(OCC12CC3CC(C1)C(O)C(C3)C2)C(F)(F)SOO[O-].O=C(OCC12CC3CC(CC(C3)C1O)C2)C(F)(F)SOO[O-]. The van der Waals surface area contributed by atoms with Gasteiger partial charge in [-0.25, -0.2) is 9.59 Å². The fraction of sp³-hybridized carbons (Fsp3) is 0.923. The van der Waals surface area contributed by atoms with Crippen molar-refractivity contribution >= 4 is 36.0 Å². The lowest BCUT2D eigenvalue weighted by atomic mass is 9.48. The Labute approximate surface area is 258 Å². The average molecular weight is 679 g/mol. The van der Waals surface area contributed by atoms with Crippen molar-refractivity contribution in [2.75, 3.05) is 13.2 Å². The zero-order valence-electron chi connectivity index (χ0n) is 23.4. The Bertz CT molecular complexity index is 1020. The number of carbonyl (C=O) groups is 2. The summed E-state index contributed by atoms with van der Waals surface area (Å²) in [5, 5.41) is 37.4. The number of alkyl halides is 4. The zero-order chi connectivity index (χ0) is 31.9. The van der Waals surface area contributed by atoms with Crippen molar-refractivity contribution in [3.63, 3.8) is 0 Å². The molecule has 252 valence electrons. The van der Waals surface area contributed by atoms with Gasteiger partial charge in [-0.15, -0.1) is 0 Å². The van der Waals surface area contributed by atoms with E-state index in [0.717, 1.165) is 38.5 Å². The lowest BCUT2D eigenvalue weighted by Gasteiger charge is -2.59. The molecule has 0 saturated heterocycles.